The fourth-order valence-corrected chi connectivity index (χ4v) is 2.86. The van der Waals surface area contributed by atoms with Crippen LogP contribution in [0.3, 0.4) is 0 Å². The van der Waals surface area contributed by atoms with E-state index in [1.54, 1.807) is 44.3 Å². The molecular weight excluding hydrogens is 370 g/mol. The molecule has 27 heavy (non-hydrogen) atoms. The Kier molecular flexibility index (Phi) is 4.08. The summed E-state index contributed by atoms with van der Waals surface area (Å²) in [5.74, 6) is -0.421. The summed E-state index contributed by atoms with van der Waals surface area (Å²) in [6.07, 6.45) is 1.50. The summed E-state index contributed by atoms with van der Waals surface area (Å²) in [5.41, 5.74) is 1.07. The molecule has 1 aromatic heterocycles. The number of hydrogen-bond donors (Lipinski definition) is 1. The molecule has 0 fully saturated rings. The van der Waals surface area contributed by atoms with Gasteiger partial charge in [-0.25, -0.2) is 0 Å². The Bertz CT molecular complexity index is 1040. The van der Waals surface area contributed by atoms with Gasteiger partial charge >= 0.3 is 0 Å². The van der Waals surface area contributed by atoms with Gasteiger partial charge in [-0.15, -0.1) is 0 Å². The van der Waals surface area contributed by atoms with Crippen molar-refractivity contribution in [2.24, 2.45) is 21.0 Å². The quantitative estimate of drug-likeness (QED) is 0.853. The number of carbonyl (C=O) groups excluding carboxylic acids is 2. The molecule has 2 aliphatic rings. The summed E-state index contributed by atoms with van der Waals surface area (Å²) in [6, 6.07) is 8.16. The van der Waals surface area contributed by atoms with Crippen LogP contribution in [0.4, 0.5) is 5.82 Å². The molecule has 10 heteroatoms. The standard InChI is InChI=1S/C17H14ClN7O2/c1-9-7-13(20-15(26)10-3-5-11(18)6-4-10)25(23-9)17-21-14-12(16(27)22-17)8-19-24(14)2/h3-8,12H,1-2H3,(H,20,26). The fourth-order valence-electron chi connectivity index (χ4n) is 2.73. The van der Waals surface area contributed by atoms with Crippen LogP contribution in [0, 0.1) is 12.8 Å². The maximum atomic E-state index is 12.5. The Morgan fingerprint density at radius 2 is 1.96 bits per heavy atom. The molecule has 136 valence electrons. The van der Waals surface area contributed by atoms with Crippen LogP contribution in [-0.4, -0.2) is 51.7 Å². The predicted molar refractivity (Wildman–Crippen MR) is 101 cm³/mol. The number of rotatable bonds is 2. The molecule has 1 atom stereocenters. The first-order valence-corrected chi connectivity index (χ1v) is 8.43. The van der Waals surface area contributed by atoms with Crippen molar-refractivity contribution < 1.29 is 9.59 Å². The molecule has 0 saturated carbocycles. The second-order valence-corrected chi connectivity index (χ2v) is 6.47. The van der Waals surface area contributed by atoms with Gasteiger partial charge < -0.3 is 5.32 Å². The third kappa shape index (κ3) is 3.13. The molecule has 3 heterocycles. The molecule has 0 bridgehead atoms. The summed E-state index contributed by atoms with van der Waals surface area (Å²) in [7, 11) is 1.70. The van der Waals surface area contributed by atoms with Crippen molar-refractivity contribution in [3.05, 3.63) is 46.6 Å². The normalized spacial score (nSPS) is 18.3. The van der Waals surface area contributed by atoms with E-state index in [0.717, 1.165) is 0 Å². The van der Waals surface area contributed by atoms with E-state index in [2.05, 4.69) is 25.5 Å². The summed E-state index contributed by atoms with van der Waals surface area (Å²) >= 11 is 5.85. The average molecular weight is 384 g/mol. The number of halogens is 1. The Morgan fingerprint density at radius 1 is 1.22 bits per heavy atom. The number of fused-ring (bicyclic) bond motifs is 1. The topological polar surface area (TPSA) is 104 Å². The molecule has 0 radical (unpaired) electrons. The van der Waals surface area contributed by atoms with E-state index in [1.807, 2.05) is 0 Å². The lowest BCUT2D eigenvalue weighted by Crippen LogP contribution is -2.35. The lowest BCUT2D eigenvalue weighted by molar-refractivity contribution is -0.118. The average Bonchev–Trinajstić information content (AvgIpc) is 3.18. The number of anilines is 1. The number of aryl methyl sites for hydroxylation is 1. The van der Waals surface area contributed by atoms with E-state index in [-0.39, 0.29) is 17.8 Å². The van der Waals surface area contributed by atoms with Crippen LogP contribution < -0.4 is 5.32 Å². The van der Waals surface area contributed by atoms with Gasteiger partial charge in [-0.05, 0) is 31.2 Å². The van der Waals surface area contributed by atoms with Crippen LogP contribution in [0.2, 0.25) is 5.02 Å². The number of benzene rings is 1. The predicted octanol–water partition coefficient (Wildman–Crippen LogP) is 1.79. The number of aromatic nitrogens is 2. The number of nitrogens with zero attached hydrogens (tertiary/aromatic N) is 6. The maximum absolute atomic E-state index is 12.5. The minimum Gasteiger partial charge on any atom is -0.306 e. The number of nitrogens with one attached hydrogen (secondary N) is 1. The van der Waals surface area contributed by atoms with E-state index in [9.17, 15) is 9.59 Å². The number of hydrazone groups is 1. The zero-order chi connectivity index (χ0) is 19.1. The lowest BCUT2D eigenvalue weighted by Gasteiger charge is -2.17. The molecule has 2 amide bonds. The highest BCUT2D eigenvalue weighted by Crippen LogP contribution is 2.20. The van der Waals surface area contributed by atoms with E-state index >= 15 is 0 Å². The van der Waals surface area contributed by atoms with E-state index in [4.69, 9.17) is 11.6 Å². The fraction of sp³-hybridized carbons (Fsp3) is 0.176. The van der Waals surface area contributed by atoms with Gasteiger partial charge in [0.15, 0.2) is 0 Å². The van der Waals surface area contributed by atoms with Gasteiger partial charge in [-0.3, -0.25) is 14.6 Å². The van der Waals surface area contributed by atoms with Gasteiger partial charge in [0, 0.05) is 29.9 Å². The molecule has 0 saturated heterocycles. The molecule has 1 N–H and O–H groups in total. The van der Waals surface area contributed by atoms with Crippen molar-refractivity contribution in [1.29, 1.82) is 0 Å². The van der Waals surface area contributed by atoms with Crippen molar-refractivity contribution >= 4 is 47.2 Å². The molecule has 0 spiro atoms. The van der Waals surface area contributed by atoms with Crippen molar-refractivity contribution in [1.82, 2.24) is 14.8 Å². The van der Waals surface area contributed by atoms with Gasteiger partial charge in [0.1, 0.15) is 17.6 Å². The van der Waals surface area contributed by atoms with Crippen molar-refractivity contribution in [2.75, 3.05) is 12.4 Å². The zero-order valence-corrected chi connectivity index (χ0v) is 15.2. The minimum absolute atomic E-state index is 0.0723. The smallest absolute Gasteiger partial charge is 0.265 e. The Balaban J connectivity index is 1.66. The van der Waals surface area contributed by atoms with Gasteiger partial charge in [-0.1, -0.05) is 11.6 Å². The van der Waals surface area contributed by atoms with Crippen molar-refractivity contribution in [2.45, 2.75) is 6.92 Å². The first-order valence-electron chi connectivity index (χ1n) is 8.05. The SMILES string of the molecule is Cc1cc(NC(=O)c2ccc(Cl)cc2)n(C2=NC(=O)C3C=NN(C)C3=N2)n1. The Labute approximate surface area is 159 Å². The van der Waals surface area contributed by atoms with E-state index in [0.29, 0.717) is 27.9 Å². The first kappa shape index (κ1) is 17.1. The number of amidine groups is 1. The second kappa shape index (κ2) is 6.44. The van der Waals surface area contributed by atoms with Crippen LogP contribution >= 0.6 is 11.6 Å². The Hall–Kier alpha value is -3.33. The lowest BCUT2D eigenvalue weighted by atomic mass is 10.1. The largest absolute Gasteiger partial charge is 0.306 e. The number of amides is 2. The van der Waals surface area contributed by atoms with E-state index < -0.39 is 5.92 Å². The minimum atomic E-state index is -0.581. The number of aliphatic imine (C=N–C) groups is 2. The maximum Gasteiger partial charge on any atom is 0.265 e. The molecular formula is C17H14ClN7O2. The van der Waals surface area contributed by atoms with Crippen molar-refractivity contribution in [3.8, 4) is 0 Å². The summed E-state index contributed by atoms with van der Waals surface area (Å²) in [4.78, 5) is 33.2. The third-order valence-corrected chi connectivity index (χ3v) is 4.31. The van der Waals surface area contributed by atoms with Gasteiger partial charge in [-0.2, -0.15) is 24.9 Å². The van der Waals surface area contributed by atoms with Crippen LogP contribution in [-0.2, 0) is 4.79 Å². The summed E-state index contributed by atoms with van der Waals surface area (Å²) in [6.45, 7) is 1.76. The monoisotopic (exact) mass is 383 g/mol. The summed E-state index contributed by atoms with van der Waals surface area (Å²) < 4.78 is 1.33. The highest BCUT2D eigenvalue weighted by molar-refractivity contribution is 6.30. The molecule has 9 nitrogen and oxygen atoms in total. The zero-order valence-electron chi connectivity index (χ0n) is 14.4. The van der Waals surface area contributed by atoms with Crippen LogP contribution in [0.1, 0.15) is 16.1 Å². The molecule has 1 aromatic carbocycles. The van der Waals surface area contributed by atoms with E-state index in [1.165, 1.54) is 15.9 Å². The van der Waals surface area contributed by atoms with Crippen LogP contribution in [0.15, 0.2) is 45.4 Å². The van der Waals surface area contributed by atoms with Crippen LogP contribution in [0.5, 0.6) is 0 Å². The Morgan fingerprint density at radius 3 is 2.70 bits per heavy atom. The van der Waals surface area contributed by atoms with Gasteiger partial charge in [0.25, 0.3) is 17.8 Å². The van der Waals surface area contributed by atoms with Gasteiger partial charge in [0.05, 0.1) is 5.69 Å². The van der Waals surface area contributed by atoms with Gasteiger partial charge in [0.2, 0.25) is 0 Å². The molecule has 2 aliphatic heterocycles. The second-order valence-electron chi connectivity index (χ2n) is 6.03. The van der Waals surface area contributed by atoms with Crippen LogP contribution in [0.25, 0.3) is 0 Å². The number of carbonyl (C=O) groups is 2. The summed E-state index contributed by atoms with van der Waals surface area (Å²) in [5, 5.41) is 13.2. The molecule has 4 rings (SSSR count). The number of hydrogen-bond acceptors (Lipinski definition) is 6. The molecule has 0 aliphatic carbocycles. The highest BCUT2D eigenvalue weighted by Gasteiger charge is 2.35. The highest BCUT2D eigenvalue weighted by atomic mass is 35.5. The van der Waals surface area contributed by atoms with Crippen molar-refractivity contribution in [3.63, 3.8) is 0 Å². The molecule has 1 unspecified atom stereocenters. The molecule has 2 aromatic rings. The third-order valence-electron chi connectivity index (χ3n) is 4.06. The first-order chi connectivity index (χ1) is 12.9.